The SMILES string of the molecule is C=CCN(Cc1ccc(Cl)cc1)C(=O)C(Nc1ccccc1[N+](=O)[O-])c1ccccc1. The first kappa shape index (κ1) is 22.1. The van der Waals surface area contributed by atoms with Gasteiger partial charge in [0.2, 0.25) is 5.91 Å². The van der Waals surface area contributed by atoms with Crippen LogP contribution in [0.5, 0.6) is 0 Å². The highest BCUT2D eigenvalue weighted by Gasteiger charge is 2.27. The van der Waals surface area contributed by atoms with Gasteiger partial charge in [-0.05, 0) is 29.3 Å². The average molecular weight is 436 g/mol. The molecule has 3 aromatic carbocycles. The molecular formula is C24H22ClN3O3. The molecule has 1 atom stereocenters. The molecule has 6 nitrogen and oxygen atoms in total. The van der Waals surface area contributed by atoms with E-state index in [1.165, 1.54) is 6.07 Å². The zero-order chi connectivity index (χ0) is 22.2. The summed E-state index contributed by atoms with van der Waals surface area (Å²) in [5, 5.41) is 15.2. The molecule has 158 valence electrons. The number of hydrogen-bond acceptors (Lipinski definition) is 4. The largest absolute Gasteiger partial charge is 0.364 e. The molecule has 0 fully saturated rings. The number of carbonyl (C=O) groups is 1. The fourth-order valence-corrected chi connectivity index (χ4v) is 3.35. The smallest absolute Gasteiger partial charge is 0.292 e. The average Bonchev–Trinajstić information content (AvgIpc) is 2.79. The number of halogens is 1. The lowest BCUT2D eigenvalue weighted by atomic mass is 10.0. The summed E-state index contributed by atoms with van der Waals surface area (Å²) in [6.45, 7) is 4.44. The monoisotopic (exact) mass is 435 g/mol. The van der Waals surface area contributed by atoms with Crippen molar-refractivity contribution in [3.8, 4) is 0 Å². The van der Waals surface area contributed by atoms with E-state index in [0.717, 1.165) is 5.56 Å². The molecule has 31 heavy (non-hydrogen) atoms. The third-order valence-corrected chi connectivity index (χ3v) is 4.98. The maximum Gasteiger partial charge on any atom is 0.292 e. The third-order valence-electron chi connectivity index (χ3n) is 4.73. The van der Waals surface area contributed by atoms with Gasteiger partial charge in [-0.25, -0.2) is 0 Å². The Balaban J connectivity index is 1.95. The van der Waals surface area contributed by atoms with Gasteiger partial charge in [0.1, 0.15) is 11.7 Å². The molecule has 0 spiro atoms. The molecule has 0 aliphatic carbocycles. The summed E-state index contributed by atoms with van der Waals surface area (Å²) in [5.74, 6) is -0.223. The van der Waals surface area contributed by atoms with Gasteiger partial charge in [-0.2, -0.15) is 0 Å². The maximum absolute atomic E-state index is 13.6. The van der Waals surface area contributed by atoms with Crippen molar-refractivity contribution in [2.24, 2.45) is 0 Å². The van der Waals surface area contributed by atoms with Gasteiger partial charge in [-0.3, -0.25) is 14.9 Å². The van der Waals surface area contributed by atoms with Crippen molar-refractivity contribution in [2.45, 2.75) is 12.6 Å². The summed E-state index contributed by atoms with van der Waals surface area (Å²) in [7, 11) is 0. The normalized spacial score (nSPS) is 11.4. The minimum Gasteiger partial charge on any atom is -0.364 e. The molecule has 0 bridgehead atoms. The lowest BCUT2D eigenvalue weighted by Gasteiger charge is -2.28. The van der Waals surface area contributed by atoms with Crippen molar-refractivity contribution in [2.75, 3.05) is 11.9 Å². The summed E-state index contributed by atoms with van der Waals surface area (Å²) in [6, 6.07) is 21.9. The van der Waals surface area contributed by atoms with Crippen molar-refractivity contribution >= 4 is 28.9 Å². The molecule has 0 aliphatic rings. The molecule has 3 rings (SSSR count). The van der Waals surface area contributed by atoms with E-state index in [4.69, 9.17) is 11.6 Å². The Hall–Kier alpha value is -3.64. The molecule has 1 amide bonds. The predicted octanol–water partition coefficient (Wildman–Crippen LogP) is 5.62. The van der Waals surface area contributed by atoms with Crippen LogP contribution in [0.25, 0.3) is 0 Å². The summed E-state index contributed by atoms with van der Waals surface area (Å²) in [6.07, 6.45) is 1.65. The Labute approximate surface area is 185 Å². The lowest BCUT2D eigenvalue weighted by molar-refractivity contribution is -0.384. The van der Waals surface area contributed by atoms with Crippen LogP contribution in [0.4, 0.5) is 11.4 Å². The van der Waals surface area contributed by atoms with Gasteiger partial charge < -0.3 is 10.2 Å². The number of nitrogens with zero attached hydrogens (tertiary/aromatic N) is 2. The number of nitrogens with one attached hydrogen (secondary N) is 1. The van der Waals surface area contributed by atoms with Gasteiger partial charge in [0.15, 0.2) is 0 Å². The van der Waals surface area contributed by atoms with Gasteiger partial charge in [-0.1, -0.05) is 72.3 Å². The number of nitro groups is 1. The third kappa shape index (κ3) is 5.71. The van der Waals surface area contributed by atoms with E-state index in [2.05, 4.69) is 11.9 Å². The number of rotatable bonds is 9. The van der Waals surface area contributed by atoms with Crippen LogP contribution in [0.1, 0.15) is 17.2 Å². The minimum absolute atomic E-state index is 0.0933. The zero-order valence-electron chi connectivity index (χ0n) is 16.8. The van der Waals surface area contributed by atoms with Gasteiger partial charge in [0.05, 0.1) is 4.92 Å². The molecule has 0 aliphatic heterocycles. The van der Waals surface area contributed by atoms with E-state index in [-0.39, 0.29) is 17.3 Å². The second-order valence-corrected chi connectivity index (χ2v) is 7.33. The van der Waals surface area contributed by atoms with E-state index in [9.17, 15) is 14.9 Å². The molecule has 0 saturated heterocycles. The van der Waals surface area contributed by atoms with E-state index >= 15 is 0 Å². The van der Waals surface area contributed by atoms with Crippen LogP contribution in [0.15, 0.2) is 91.5 Å². The first-order valence-electron chi connectivity index (χ1n) is 9.68. The summed E-state index contributed by atoms with van der Waals surface area (Å²) in [5.41, 5.74) is 1.80. The highest BCUT2D eigenvalue weighted by molar-refractivity contribution is 6.30. The van der Waals surface area contributed by atoms with Crippen LogP contribution >= 0.6 is 11.6 Å². The number of anilines is 1. The van der Waals surface area contributed by atoms with E-state index in [0.29, 0.717) is 23.7 Å². The van der Waals surface area contributed by atoms with Crippen LogP contribution < -0.4 is 5.32 Å². The van der Waals surface area contributed by atoms with Crippen molar-refractivity contribution < 1.29 is 9.72 Å². The lowest BCUT2D eigenvalue weighted by Crippen LogP contribution is -2.38. The summed E-state index contributed by atoms with van der Waals surface area (Å²) >= 11 is 5.97. The molecule has 0 radical (unpaired) electrons. The molecular weight excluding hydrogens is 414 g/mol. The Morgan fingerprint density at radius 2 is 1.71 bits per heavy atom. The molecule has 0 aromatic heterocycles. The number of hydrogen-bond donors (Lipinski definition) is 1. The fraction of sp³-hybridized carbons (Fsp3) is 0.125. The number of amides is 1. The van der Waals surface area contributed by atoms with Crippen molar-refractivity contribution in [3.63, 3.8) is 0 Å². The van der Waals surface area contributed by atoms with Crippen LogP contribution in [-0.2, 0) is 11.3 Å². The van der Waals surface area contributed by atoms with E-state index in [1.54, 1.807) is 41.3 Å². The number of benzene rings is 3. The van der Waals surface area contributed by atoms with Gasteiger partial charge in [0.25, 0.3) is 5.69 Å². The summed E-state index contributed by atoms with van der Waals surface area (Å²) in [4.78, 5) is 26.3. The number of nitro benzene ring substituents is 1. The van der Waals surface area contributed by atoms with Crippen molar-refractivity contribution in [1.29, 1.82) is 0 Å². The Morgan fingerprint density at radius 3 is 2.35 bits per heavy atom. The molecule has 1 N–H and O–H groups in total. The molecule has 7 heteroatoms. The Morgan fingerprint density at radius 1 is 1.06 bits per heavy atom. The fourth-order valence-electron chi connectivity index (χ4n) is 3.22. The second kappa shape index (κ2) is 10.4. The van der Waals surface area contributed by atoms with Gasteiger partial charge >= 0.3 is 0 Å². The van der Waals surface area contributed by atoms with Crippen LogP contribution in [0, 0.1) is 10.1 Å². The first-order chi connectivity index (χ1) is 15.0. The molecule has 1 unspecified atom stereocenters. The van der Waals surface area contributed by atoms with Crippen LogP contribution in [-0.4, -0.2) is 22.3 Å². The first-order valence-corrected chi connectivity index (χ1v) is 10.1. The molecule has 0 heterocycles. The topological polar surface area (TPSA) is 75.5 Å². The van der Waals surface area contributed by atoms with Gasteiger partial charge in [-0.15, -0.1) is 6.58 Å². The quantitative estimate of drug-likeness (QED) is 0.269. The highest BCUT2D eigenvalue weighted by atomic mass is 35.5. The summed E-state index contributed by atoms with van der Waals surface area (Å²) < 4.78 is 0. The molecule has 3 aromatic rings. The van der Waals surface area contributed by atoms with E-state index in [1.807, 2.05) is 42.5 Å². The Bertz CT molecular complexity index is 1060. The Kier molecular flexibility index (Phi) is 7.40. The minimum atomic E-state index is -0.811. The predicted molar refractivity (Wildman–Crippen MR) is 123 cm³/mol. The van der Waals surface area contributed by atoms with Crippen LogP contribution in [0.3, 0.4) is 0 Å². The number of para-hydroxylation sites is 2. The standard InChI is InChI=1S/C24H22ClN3O3/c1-2-16-27(17-18-12-14-20(25)15-13-18)24(29)23(19-8-4-3-5-9-19)26-21-10-6-7-11-22(21)28(30)31/h2-15,23,26H,1,16-17H2. The van der Waals surface area contributed by atoms with E-state index < -0.39 is 11.0 Å². The zero-order valence-corrected chi connectivity index (χ0v) is 17.5. The number of carbonyl (C=O) groups excluding carboxylic acids is 1. The van der Waals surface area contributed by atoms with Gasteiger partial charge in [0, 0.05) is 24.2 Å². The highest BCUT2D eigenvalue weighted by Crippen LogP contribution is 2.29. The second-order valence-electron chi connectivity index (χ2n) is 6.90. The van der Waals surface area contributed by atoms with Crippen molar-refractivity contribution in [1.82, 2.24) is 4.90 Å². The van der Waals surface area contributed by atoms with Crippen LogP contribution in [0.2, 0.25) is 5.02 Å². The molecule has 0 saturated carbocycles. The van der Waals surface area contributed by atoms with Crippen molar-refractivity contribution in [3.05, 3.63) is 118 Å². The maximum atomic E-state index is 13.6.